The zero-order chi connectivity index (χ0) is 21.1. The molecule has 0 heterocycles. The second-order valence-corrected chi connectivity index (χ2v) is 12.8. The average Bonchev–Trinajstić information content (AvgIpc) is 3.04. The Balaban J connectivity index is 2.08. The van der Waals surface area contributed by atoms with E-state index in [9.17, 15) is 9.59 Å². The van der Waals surface area contributed by atoms with Gasteiger partial charge in [0.05, 0.1) is 13.2 Å². The van der Waals surface area contributed by atoms with E-state index in [1.807, 2.05) is 6.07 Å². The number of hydrogen-bond donors (Lipinski definition) is 0. The molecule has 29 heavy (non-hydrogen) atoms. The van der Waals surface area contributed by atoms with Crippen molar-refractivity contribution in [2.24, 2.45) is 17.3 Å². The molecule has 1 fully saturated rings. The molecule has 0 spiro atoms. The molecule has 0 bridgehead atoms. The lowest BCUT2D eigenvalue weighted by Gasteiger charge is -2.33. The van der Waals surface area contributed by atoms with Gasteiger partial charge in [0.25, 0.3) is 0 Å². The molecule has 156 valence electrons. The summed E-state index contributed by atoms with van der Waals surface area (Å²) in [7, 11) is -1.89. The van der Waals surface area contributed by atoms with Crippen molar-refractivity contribution in [3.8, 4) is 0 Å². The Morgan fingerprint density at radius 1 is 1.10 bits per heavy atom. The second kappa shape index (κ2) is 8.70. The van der Waals surface area contributed by atoms with Crippen molar-refractivity contribution < 1.29 is 19.1 Å². The van der Waals surface area contributed by atoms with Crippen LogP contribution < -0.4 is 5.19 Å². The Hall–Kier alpha value is -2.14. The Bertz CT molecular complexity index is 791. The van der Waals surface area contributed by atoms with Crippen LogP contribution in [-0.4, -0.2) is 33.2 Å². The maximum atomic E-state index is 13.2. The van der Waals surface area contributed by atoms with E-state index < -0.39 is 25.4 Å². The normalized spacial score (nSPS) is 24.2. The Labute approximate surface area is 175 Å². The number of benzene rings is 1. The Morgan fingerprint density at radius 3 is 2.31 bits per heavy atom. The maximum absolute atomic E-state index is 13.2. The molecule has 1 saturated carbocycles. The number of esters is 2. The number of rotatable bonds is 6. The van der Waals surface area contributed by atoms with Gasteiger partial charge in [0.2, 0.25) is 0 Å². The van der Waals surface area contributed by atoms with E-state index in [-0.39, 0.29) is 25.0 Å². The predicted octanol–water partition coefficient (Wildman–Crippen LogP) is 4.17. The van der Waals surface area contributed by atoms with Crippen LogP contribution in [0.15, 0.2) is 53.8 Å². The molecule has 0 amide bonds. The van der Waals surface area contributed by atoms with Crippen LogP contribution in [0.3, 0.4) is 0 Å². The van der Waals surface area contributed by atoms with Crippen LogP contribution in [0.1, 0.15) is 33.1 Å². The van der Waals surface area contributed by atoms with Crippen molar-refractivity contribution >= 4 is 25.2 Å². The molecule has 0 radical (unpaired) electrons. The zero-order valence-electron chi connectivity index (χ0n) is 17.9. The first-order chi connectivity index (χ1) is 13.9. The third-order valence-corrected chi connectivity index (χ3v) is 9.22. The number of ether oxygens (including phenoxy) is 2. The summed E-state index contributed by atoms with van der Waals surface area (Å²) in [5.74, 6) is -0.858. The van der Waals surface area contributed by atoms with E-state index in [1.54, 1.807) is 13.8 Å². The fraction of sp³-hybridized carbons (Fsp3) is 0.500. The smallest absolute Gasteiger partial charge is 0.324 e. The molecule has 0 unspecified atom stereocenters. The standard InChI is InChI=1S/C24H32O4Si/c1-5-27-22(25)24(23(26)28-6-2)16-18(20-14-10-11-15-21(20)24)17-29(3,4)19-12-8-7-9-13-19/h7-10,12-14,17,20-21H,5-6,11,15-16H2,1-4H3/b18-17-/t20-,21-/m0/s1. The summed E-state index contributed by atoms with van der Waals surface area (Å²) < 4.78 is 10.9. The van der Waals surface area contributed by atoms with E-state index in [1.165, 1.54) is 10.8 Å². The van der Waals surface area contributed by atoms with E-state index in [0.29, 0.717) is 6.42 Å². The van der Waals surface area contributed by atoms with E-state index >= 15 is 0 Å². The fourth-order valence-electron chi connectivity index (χ4n) is 4.95. The first kappa shape index (κ1) is 21.6. The number of allylic oxidation sites excluding steroid dienone is 3. The molecule has 5 heteroatoms. The van der Waals surface area contributed by atoms with Crippen molar-refractivity contribution in [1.29, 1.82) is 0 Å². The molecule has 0 saturated heterocycles. The highest BCUT2D eigenvalue weighted by Crippen LogP contribution is 2.56. The molecule has 0 aromatic heterocycles. The highest BCUT2D eigenvalue weighted by Gasteiger charge is 2.62. The number of carbonyl (C=O) groups excluding carboxylic acids is 2. The lowest BCUT2D eigenvalue weighted by molar-refractivity contribution is -0.175. The van der Waals surface area contributed by atoms with Gasteiger partial charge in [0.1, 0.15) is 8.07 Å². The topological polar surface area (TPSA) is 52.6 Å². The number of fused-ring (bicyclic) bond motifs is 1. The van der Waals surface area contributed by atoms with E-state index in [2.05, 4.69) is 55.2 Å². The Morgan fingerprint density at radius 2 is 1.72 bits per heavy atom. The summed E-state index contributed by atoms with van der Waals surface area (Å²) in [6.07, 6.45) is 6.43. The van der Waals surface area contributed by atoms with Gasteiger partial charge < -0.3 is 9.47 Å². The summed E-state index contributed by atoms with van der Waals surface area (Å²) in [5, 5.41) is 1.34. The van der Waals surface area contributed by atoms with Crippen LogP contribution in [-0.2, 0) is 19.1 Å². The third kappa shape index (κ3) is 3.97. The quantitative estimate of drug-likeness (QED) is 0.305. The zero-order valence-corrected chi connectivity index (χ0v) is 18.9. The molecule has 0 N–H and O–H groups in total. The number of hydrogen-bond acceptors (Lipinski definition) is 4. The molecule has 2 aliphatic carbocycles. The van der Waals surface area contributed by atoms with Crippen molar-refractivity contribution in [3.63, 3.8) is 0 Å². The molecular weight excluding hydrogens is 380 g/mol. The molecule has 2 aliphatic rings. The first-order valence-corrected chi connectivity index (χ1v) is 13.7. The van der Waals surface area contributed by atoms with Gasteiger partial charge in [-0.3, -0.25) is 9.59 Å². The predicted molar refractivity (Wildman–Crippen MR) is 117 cm³/mol. The highest BCUT2D eigenvalue weighted by molar-refractivity contribution is 6.94. The second-order valence-electron chi connectivity index (χ2n) is 8.53. The summed E-state index contributed by atoms with van der Waals surface area (Å²) in [4.78, 5) is 26.3. The van der Waals surface area contributed by atoms with Crippen molar-refractivity contribution in [2.45, 2.75) is 46.2 Å². The molecule has 1 aromatic rings. The van der Waals surface area contributed by atoms with Crippen molar-refractivity contribution in [1.82, 2.24) is 0 Å². The van der Waals surface area contributed by atoms with E-state index in [0.717, 1.165) is 12.8 Å². The van der Waals surface area contributed by atoms with Gasteiger partial charge in [-0.05, 0) is 39.0 Å². The van der Waals surface area contributed by atoms with Gasteiger partial charge in [0, 0.05) is 5.92 Å². The van der Waals surface area contributed by atoms with Gasteiger partial charge in [-0.15, -0.1) is 0 Å². The van der Waals surface area contributed by atoms with Gasteiger partial charge in [-0.2, -0.15) is 0 Å². The van der Waals surface area contributed by atoms with Crippen LogP contribution in [0.5, 0.6) is 0 Å². The highest BCUT2D eigenvalue weighted by atomic mass is 28.3. The van der Waals surface area contributed by atoms with Crippen LogP contribution in [0.2, 0.25) is 13.1 Å². The minimum atomic E-state index is -1.89. The summed E-state index contributed by atoms with van der Waals surface area (Å²) in [5.41, 5.74) is 2.34. The molecular formula is C24H32O4Si. The lowest BCUT2D eigenvalue weighted by Crippen LogP contribution is -2.46. The van der Waals surface area contributed by atoms with Crippen LogP contribution in [0.4, 0.5) is 0 Å². The summed E-state index contributed by atoms with van der Waals surface area (Å²) in [6, 6.07) is 10.5. The summed E-state index contributed by atoms with van der Waals surface area (Å²) >= 11 is 0. The SMILES string of the molecule is CCOC(=O)C1(C(=O)OCC)C/C(=C/[Si](C)(C)c2ccccc2)[C@@H]2C=CCC[C@@H]21. The monoisotopic (exact) mass is 412 g/mol. The van der Waals surface area contributed by atoms with Gasteiger partial charge in [-0.1, -0.05) is 72.0 Å². The van der Waals surface area contributed by atoms with Gasteiger partial charge in [0.15, 0.2) is 5.41 Å². The summed E-state index contributed by atoms with van der Waals surface area (Å²) in [6.45, 7) is 8.71. The lowest BCUT2D eigenvalue weighted by atomic mass is 9.71. The van der Waals surface area contributed by atoms with Crippen LogP contribution in [0.25, 0.3) is 0 Å². The van der Waals surface area contributed by atoms with Crippen LogP contribution >= 0.6 is 0 Å². The number of carbonyl (C=O) groups is 2. The first-order valence-electron chi connectivity index (χ1n) is 10.6. The van der Waals surface area contributed by atoms with Gasteiger partial charge in [-0.25, -0.2) is 0 Å². The molecule has 2 atom stereocenters. The largest absolute Gasteiger partial charge is 0.465 e. The Kier molecular flexibility index (Phi) is 6.47. The van der Waals surface area contributed by atoms with Gasteiger partial charge >= 0.3 is 11.9 Å². The van der Waals surface area contributed by atoms with Crippen molar-refractivity contribution in [3.05, 3.63) is 53.8 Å². The molecule has 4 nitrogen and oxygen atoms in total. The minimum absolute atomic E-state index is 0.0908. The molecule has 3 rings (SSSR count). The minimum Gasteiger partial charge on any atom is -0.465 e. The average molecular weight is 413 g/mol. The van der Waals surface area contributed by atoms with E-state index in [4.69, 9.17) is 9.47 Å². The molecule has 1 aromatic carbocycles. The maximum Gasteiger partial charge on any atom is 0.324 e. The third-order valence-electron chi connectivity index (χ3n) is 6.31. The fourth-order valence-corrected chi connectivity index (χ4v) is 7.39. The van der Waals surface area contributed by atoms with Crippen LogP contribution in [0, 0.1) is 17.3 Å². The van der Waals surface area contributed by atoms with Crippen molar-refractivity contribution in [2.75, 3.05) is 13.2 Å². The molecule has 0 aliphatic heterocycles.